The molecule has 0 aromatic heterocycles. The van der Waals surface area contributed by atoms with Crippen molar-refractivity contribution in [1.82, 2.24) is 0 Å². The number of thioether (sulfide) groups is 2. The number of rotatable bonds is 5. The molecule has 6 aliphatic rings. The van der Waals surface area contributed by atoms with Gasteiger partial charge in [-0.05, 0) is 13.3 Å². The largest absolute Gasteiger partial charge is 0.469 e. The van der Waals surface area contributed by atoms with E-state index in [4.69, 9.17) is 23.7 Å². The van der Waals surface area contributed by atoms with Crippen LogP contribution in [-0.4, -0.2) is 82.4 Å². The summed E-state index contributed by atoms with van der Waals surface area (Å²) in [6.07, 6.45) is 0.257. The van der Waals surface area contributed by atoms with Crippen LogP contribution in [-0.2, 0) is 47.7 Å². The van der Waals surface area contributed by atoms with Crippen molar-refractivity contribution in [3.05, 3.63) is 24.8 Å². The van der Waals surface area contributed by atoms with Crippen LogP contribution in [0.3, 0.4) is 0 Å². The van der Waals surface area contributed by atoms with E-state index in [2.05, 4.69) is 13.2 Å². The molecule has 0 spiro atoms. The minimum atomic E-state index is -0.604. The fourth-order valence-corrected chi connectivity index (χ4v) is 9.52. The number of carbonyl (C=O) groups excluding carboxylic acids is 5. The minimum absolute atomic E-state index is 0.0276. The molecule has 188 valence electrons. The fourth-order valence-electron chi connectivity index (χ4n) is 5.66. The molecule has 35 heavy (non-hydrogen) atoms. The summed E-state index contributed by atoms with van der Waals surface area (Å²) in [7, 11) is 1.28. The predicted molar refractivity (Wildman–Crippen MR) is 122 cm³/mol. The van der Waals surface area contributed by atoms with Crippen molar-refractivity contribution in [2.24, 2.45) is 17.8 Å². The number of fused-ring (bicyclic) bond motifs is 2. The molecule has 0 aliphatic carbocycles. The van der Waals surface area contributed by atoms with Crippen molar-refractivity contribution >= 4 is 53.4 Å². The van der Waals surface area contributed by atoms with Crippen molar-refractivity contribution in [1.29, 1.82) is 0 Å². The molecule has 6 saturated heterocycles. The van der Waals surface area contributed by atoms with Gasteiger partial charge in [-0.2, -0.15) is 0 Å². The summed E-state index contributed by atoms with van der Waals surface area (Å²) in [6, 6.07) is 0. The van der Waals surface area contributed by atoms with E-state index in [1.807, 2.05) is 0 Å². The van der Waals surface area contributed by atoms with Gasteiger partial charge in [-0.25, -0.2) is 9.59 Å². The quantitative estimate of drug-likeness (QED) is 0.286. The van der Waals surface area contributed by atoms with Gasteiger partial charge in [0.25, 0.3) is 0 Å². The highest BCUT2D eigenvalue weighted by Gasteiger charge is 2.71. The number of carbonyl (C=O) groups is 5. The van der Waals surface area contributed by atoms with E-state index < -0.39 is 47.9 Å². The molecule has 12 heteroatoms. The Morgan fingerprint density at radius 3 is 2.34 bits per heavy atom. The van der Waals surface area contributed by atoms with Crippen molar-refractivity contribution in [3.8, 4) is 0 Å². The summed E-state index contributed by atoms with van der Waals surface area (Å²) >= 11 is 3.19. The van der Waals surface area contributed by atoms with E-state index in [1.54, 1.807) is 18.7 Å². The van der Waals surface area contributed by atoms with Gasteiger partial charge >= 0.3 is 29.8 Å². The molecule has 0 N–H and O–H groups in total. The number of esters is 5. The highest BCUT2D eigenvalue weighted by atomic mass is 32.2. The molecule has 0 amide bonds. The molecule has 0 aromatic rings. The monoisotopic (exact) mass is 524 g/mol. The number of hydrogen-bond donors (Lipinski definition) is 0. The molecule has 11 atom stereocenters. The van der Waals surface area contributed by atoms with Crippen LogP contribution in [0.2, 0.25) is 0 Å². The van der Waals surface area contributed by atoms with Gasteiger partial charge in [0, 0.05) is 16.9 Å². The zero-order chi connectivity index (χ0) is 25.2. The molecule has 6 fully saturated rings. The Hall–Kier alpha value is -2.47. The Morgan fingerprint density at radius 1 is 1.00 bits per heavy atom. The summed E-state index contributed by atoms with van der Waals surface area (Å²) in [4.78, 5) is 57.9. The van der Waals surface area contributed by atoms with Crippen LogP contribution in [0.1, 0.15) is 13.3 Å². The maximum atomic E-state index is 11.8. The van der Waals surface area contributed by atoms with Crippen molar-refractivity contribution < 1.29 is 47.7 Å². The first-order valence-corrected chi connectivity index (χ1v) is 13.0. The minimum Gasteiger partial charge on any atom is -0.469 e. The molecule has 6 aliphatic heterocycles. The van der Waals surface area contributed by atoms with E-state index in [0.29, 0.717) is 5.57 Å². The standard InChI is InChI=1S/C12H12O6S.C11H12O4S/c1-3-4(13)17-7-8-10-6(12(15)18-8)5(9(7)19-10)11(14)16-2;1-4(2)10(12)14-7-6-3-5-9(16-6)8(7)15-11(5)13/h3,5-10H,1H2,2H3;5-9H,1,3H2,2H3. The zero-order valence-corrected chi connectivity index (χ0v) is 20.6. The SMILES string of the molecule is C=C(C)C(=O)OC1C2CC3C(=O)OC1C3S2.C=CC(=O)OC1C2OC(=O)C3C2SC1C3C(=O)OC. The maximum Gasteiger partial charge on any atom is 0.333 e. The molecular weight excluding hydrogens is 500 g/mol. The van der Waals surface area contributed by atoms with Crippen LogP contribution in [0.5, 0.6) is 0 Å². The van der Waals surface area contributed by atoms with Crippen LogP contribution in [0, 0.1) is 17.8 Å². The van der Waals surface area contributed by atoms with E-state index >= 15 is 0 Å². The van der Waals surface area contributed by atoms with Gasteiger partial charge in [0.15, 0.2) is 24.4 Å². The smallest absolute Gasteiger partial charge is 0.333 e. The third-order valence-electron chi connectivity index (χ3n) is 7.17. The van der Waals surface area contributed by atoms with Crippen LogP contribution < -0.4 is 0 Å². The van der Waals surface area contributed by atoms with E-state index in [0.717, 1.165) is 12.5 Å². The summed E-state index contributed by atoms with van der Waals surface area (Å²) in [5.41, 5.74) is 0.383. The molecule has 0 aromatic carbocycles. The van der Waals surface area contributed by atoms with Gasteiger partial charge in [-0.15, -0.1) is 23.5 Å². The van der Waals surface area contributed by atoms with Gasteiger partial charge in [0.1, 0.15) is 0 Å². The summed E-state index contributed by atoms with van der Waals surface area (Å²) < 4.78 is 25.8. The van der Waals surface area contributed by atoms with Gasteiger partial charge in [-0.3, -0.25) is 14.4 Å². The lowest BCUT2D eigenvalue weighted by atomic mass is 9.78. The lowest BCUT2D eigenvalue weighted by Gasteiger charge is -2.28. The Balaban J connectivity index is 0.000000147. The third-order valence-corrected chi connectivity index (χ3v) is 10.6. The zero-order valence-electron chi connectivity index (χ0n) is 18.9. The first-order chi connectivity index (χ1) is 16.7. The molecule has 6 heterocycles. The Kier molecular flexibility index (Phi) is 6.15. The van der Waals surface area contributed by atoms with Crippen LogP contribution in [0.25, 0.3) is 0 Å². The molecular formula is C23H24O10S2. The van der Waals surface area contributed by atoms with Crippen LogP contribution in [0.15, 0.2) is 24.8 Å². The van der Waals surface area contributed by atoms with Gasteiger partial charge in [0.2, 0.25) is 0 Å². The van der Waals surface area contributed by atoms with Crippen molar-refractivity contribution in [2.75, 3.05) is 7.11 Å². The van der Waals surface area contributed by atoms with Gasteiger partial charge < -0.3 is 23.7 Å². The molecule has 10 nitrogen and oxygen atoms in total. The number of ether oxygens (including phenoxy) is 5. The van der Waals surface area contributed by atoms with E-state index in [9.17, 15) is 24.0 Å². The van der Waals surface area contributed by atoms with Crippen molar-refractivity contribution in [3.63, 3.8) is 0 Å². The second-order valence-electron chi connectivity index (χ2n) is 9.18. The number of methoxy groups -OCH3 is 1. The summed E-state index contributed by atoms with van der Waals surface area (Å²) in [5.74, 6) is -3.02. The fraction of sp³-hybridized carbons (Fsp3) is 0.609. The second kappa shape index (κ2) is 8.88. The highest BCUT2D eigenvalue weighted by Crippen LogP contribution is 2.59. The summed E-state index contributed by atoms with van der Waals surface area (Å²) in [6.45, 7) is 8.49. The maximum absolute atomic E-state index is 11.8. The van der Waals surface area contributed by atoms with E-state index in [1.165, 1.54) is 18.9 Å². The van der Waals surface area contributed by atoms with Crippen LogP contribution >= 0.6 is 23.5 Å². The van der Waals surface area contributed by atoms with Gasteiger partial charge in [0.05, 0.1) is 40.6 Å². The first kappa shape index (κ1) is 24.2. The lowest BCUT2D eigenvalue weighted by Crippen LogP contribution is -2.47. The van der Waals surface area contributed by atoms with E-state index in [-0.39, 0.29) is 45.1 Å². The average Bonchev–Trinajstić information content (AvgIpc) is 3.63. The molecule has 4 bridgehead atoms. The Labute approximate surface area is 209 Å². The normalized spacial score (nSPS) is 42.5. The van der Waals surface area contributed by atoms with Crippen LogP contribution in [0.4, 0.5) is 0 Å². The first-order valence-electron chi connectivity index (χ1n) is 11.2. The molecule has 0 radical (unpaired) electrons. The second-order valence-corrected chi connectivity index (χ2v) is 12.0. The number of hydrogen-bond acceptors (Lipinski definition) is 12. The third kappa shape index (κ3) is 3.76. The molecule has 11 unspecified atom stereocenters. The van der Waals surface area contributed by atoms with Crippen molar-refractivity contribution in [2.45, 2.75) is 58.8 Å². The Bertz CT molecular complexity index is 1030. The summed E-state index contributed by atoms with van der Waals surface area (Å²) in [5, 5.41) is -0.0119. The average molecular weight is 525 g/mol. The lowest BCUT2D eigenvalue weighted by molar-refractivity contribution is -0.156. The van der Waals surface area contributed by atoms with Gasteiger partial charge in [-0.1, -0.05) is 13.2 Å². The Morgan fingerprint density at radius 2 is 1.69 bits per heavy atom. The topological polar surface area (TPSA) is 132 Å². The predicted octanol–water partition coefficient (Wildman–Crippen LogP) is 0.816. The molecule has 0 saturated carbocycles. The highest BCUT2D eigenvalue weighted by molar-refractivity contribution is 8.01. The molecule has 6 rings (SSSR count).